The number of carbonyl (C=O) groups is 1. The summed E-state index contributed by atoms with van der Waals surface area (Å²) < 4.78 is 42.9. The van der Waals surface area contributed by atoms with E-state index in [1.54, 1.807) is 50.5 Å². The number of rotatable bonds is 4. The minimum atomic E-state index is -4.12. The number of nitrogens with zero attached hydrogens (tertiary/aromatic N) is 2. The van der Waals surface area contributed by atoms with Gasteiger partial charge < -0.3 is 10.6 Å². The summed E-state index contributed by atoms with van der Waals surface area (Å²) in [5.74, 6) is -1.33. The first-order chi connectivity index (χ1) is 16.2. The molecule has 0 saturated carbocycles. The van der Waals surface area contributed by atoms with Gasteiger partial charge >= 0.3 is 5.69 Å². The molecule has 0 bridgehead atoms. The highest BCUT2D eigenvalue weighted by Crippen LogP contribution is 2.40. The molecule has 8 nitrogen and oxygen atoms in total. The molecule has 4 aromatic rings. The molecule has 3 aromatic carbocycles. The lowest BCUT2D eigenvalue weighted by Gasteiger charge is -2.12. The maximum Gasteiger partial charge on any atom is 0.328 e. The number of imidazole rings is 1. The largest absolute Gasteiger partial charge is 0.354 e. The first-order valence-electron chi connectivity index (χ1n) is 10.3. The van der Waals surface area contributed by atoms with Crippen LogP contribution in [-0.4, -0.2) is 23.5 Å². The normalized spacial score (nSPS) is 14.3. The lowest BCUT2D eigenvalue weighted by atomic mass is 10.1. The second kappa shape index (κ2) is 7.70. The number of hydrogen-bond acceptors (Lipinski definition) is 5. The highest BCUT2D eigenvalue weighted by atomic mass is 32.2. The van der Waals surface area contributed by atoms with Gasteiger partial charge in [-0.1, -0.05) is 18.2 Å². The Kier molecular flexibility index (Phi) is 4.90. The molecule has 0 saturated heterocycles. The predicted molar refractivity (Wildman–Crippen MR) is 127 cm³/mol. The second-order valence-corrected chi connectivity index (χ2v) is 9.75. The number of hydrogen-bond donors (Lipinski definition) is 2. The van der Waals surface area contributed by atoms with Gasteiger partial charge in [-0.05, 0) is 48.5 Å². The first kappa shape index (κ1) is 21.7. The van der Waals surface area contributed by atoms with Crippen molar-refractivity contribution in [1.82, 2.24) is 9.13 Å². The monoisotopic (exact) mass is 478 g/mol. The van der Waals surface area contributed by atoms with Crippen molar-refractivity contribution in [3.05, 3.63) is 93.5 Å². The van der Waals surface area contributed by atoms with Crippen LogP contribution >= 0.6 is 0 Å². The van der Waals surface area contributed by atoms with E-state index in [0.29, 0.717) is 22.3 Å². The molecular weight excluding hydrogens is 459 g/mol. The van der Waals surface area contributed by atoms with Gasteiger partial charge in [0.1, 0.15) is 5.82 Å². The summed E-state index contributed by atoms with van der Waals surface area (Å²) in [5.41, 5.74) is 2.39. The number of amides is 1. The van der Waals surface area contributed by atoms with Crippen LogP contribution < -0.4 is 16.3 Å². The molecule has 0 radical (unpaired) electrons. The van der Waals surface area contributed by atoms with Crippen LogP contribution in [0.15, 0.2) is 81.3 Å². The number of aryl methyl sites for hydroxylation is 2. The summed E-state index contributed by atoms with van der Waals surface area (Å²) in [4.78, 5) is 25.0. The molecule has 0 aliphatic carbocycles. The van der Waals surface area contributed by atoms with Crippen molar-refractivity contribution in [2.45, 2.75) is 4.90 Å². The Morgan fingerprint density at radius 2 is 1.53 bits per heavy atom. The number of carbonyl (C=O) groups excluding carboxylic acids is 1. The van der Waals surface area contributed by atoms with Crippen molar-refractivity contribution in [3.63, 3.8) is 0 Å². The SMILES string of the molecule is Cn1c(=O)n(C)c2cc(NC3=C(C(=O)Nc4ccc(F)cc4)S(=O)(=O)c4ccccc43)ccc21. The summed E-state index contributed by atoms with van der Waals surface area (Å²) in [7, 11) is -0.817. The van der Waals surface area contributed by atoms with Gasteiger partial charge in [0.25, 0.3) is 5.91 Å². The van der Waals surface area contributed by atoms with Crippen molar-refractivity contribution in [1.29, 1.82) is 0 Å². The number of nitrogens with one attached hydrogen (secondary N) is 2. The third-order valence-electron chi connectivity index (χ3n) is 5.79. The Labute approximate surface area is 193 Å². The Morgan fingerprint density at radius 1 is 0.882 bits per heavy atom. The van der Waals surface area contributed by atoms with Gasteiger partial charge in [-0.3, -0.25) is 13.9 Å². The lowest BCUT2D eigenvalue weighted by molar-refractivity contribution is -0.112. The molecule has 0 atom stereocenters. The fourth-order valence-electron chi connectivity index (χ4n) is 4.08. The van der Waals surface area contributed by atoms with Crippen LogP contribution in [0.4, 0.5) is 15.8 Å². The Balaban J connectivity index is 1.63. The molecular formula is C24H19FN4O4S. The highest BCUT2D eigenvalue weighted by Gasteiger charge is 2.40. The predicted octanol–water partition coefficient (Wildman–Crippen LogP) is 3.22. The average Bonchev–Trinajstić information content (AvgIpc) is 3.17. The fourth-order valence-corrected chi connectivity index (χ4v) is 5.75. The van der Waals surface area contributed by atoms with Crippen molar-refractivity contribution < 1.29 is 17.6 Å². The van der Waals surface area contributed by atoms with E-state index in [0.717, 1.165) is 0 Å². The zero-order valence-corrected chi connectivity index (χ0v) is 19.0. The van der Waals surface area contributed by atoms with Gasteiger partial charge in [-0.2, -0.15) is 0 Å². The Hall–Kier alpha value is -4.18. The van der Waals surface area contributed by atoms with E-state index in [9.17, 15) is 22.4 Å². The van der Waals surface area contributed by atoms with E-state index >= 15 is 0 Å². The van der Waals surface area contributed by atoms with Gasteiger partial charge in [0.05, 0.1) is 21.6 Å². The molecule has 1 aliphatic rings. The number of anilines is 2. The van der Waals surface area contributed by atoms with Crippen LogP contribution in [0.1, 0.15) is 5.56 Å². The van der Waals surface area contributed by atoms with E-state index < -0.39 is 26.5 Å². The fraction of sp³-hybridized carbons (Fsp3) is 0.0833. The van der Waals surface area contributed by atoms with E-state index in [-0.39, 0.29) is 22.0 Å². The molecule has 172 valence electrons. The van der Waals surface area contributed by atoms with Gasteiger partial charge in [0.2, 0.25) is 9.84 Å². The van der Waals surface area contributed by atoms with Crippen molar-refractivity contribution >= 4 is 43.8 Å². The Bertz CT molecular complexity index is 1680. The molecule has 2 N–H and O–H groups in total. The van der Waals surface area contributed by atoms with Gasteiger partial charge in [-0.25, -0.2) is 17.6 Å². The minimum Gasteiger partial charge on any atom is -0.354 e. The zero-order chi connectivity index (χ0) is 24.2. The zero-order valence-electron chi connectivity index (χ0n) is 18.2. The van der Waals surface area contributed by atoms with E-state index in [4.69, 9.17) is 0 Å². The van der Waals surface area contributed by atoms with Crippen LogP contribution in [0.5, 0.6) is 0 Å². The number of benzene rings is 3. The molecule has 34 heavy (non-hydrogen) atoms. The maximum atomic E-state index is 13.3. The van der Waals surface area contributed by atoms with Crippen molar-refractivity contribution in [2.24, 2.45) is 14.1 Å². The quantitative estimate of drug-likeness (QED) is 0.469. The minimum absolute atomic E-state index is 0.00921. The topological polar surface area (TPSA) is 102 Å². The molecule has 5 rings (SSSR count). The summed E-state index contributed by atoms with van der Waals surface area (Å²) in [6, 6.07) is 16.5. The third kappa shape index (κ3) is 3.30. The number of aromatic nitrogens is 2. The Morgan fingerprint density at radius 3 is 2.26 bits per heavy atom. The lowest BCUT2D eigenvalue weighted by Crippen LogP contribution is -2.20. The first-order valence-corrected chi connectivity index (χ1v) is 11.7. The number of sulfone groups is 1. The van der Waals surface area contributed by atoms with Crippen LogP contribution in [0.3, 0.4) is 0 Å². The maximum absolute atomic E-state index is 13.3. The molecule has 0 fully saturated rings. The molecule has 0 spiro atoms. The highest BCUT2D eigenvalue weighted by molar-refractivity contribution is 7.97. The summed E-state index contributed by atoms with van der Waals surface area (Å²) in [5, 5.41) is 5.62. The van der Waals surface area contributed by atoms with Crippen LogP contribution in [0.25, 0.3) is 16.7 Å². The smallest absolute Gasteiger partial charge is 0.328 e. The summed E-state index contributed by atoms with van der Waals surface area (Å²) in [6.45, 7) is 0. The van der Waals surface area contributed by atoms with Gasteiger partial charge in [0, 0.05) is 31.0 Å². The molecule has 10 heteroatoms. The average molecular weight is 479 g/mol. The van der Waals surface area contributed by atoms with Crippen LogP contribution in [0.2, 0.25) is 0 Å². The third-order valence-corrected chi connectivity index (χ3v) is 7.65. The summed E-state index contributed by atoms with van der Waals surface area (Å²) in [6.07, 6.45) is 0. The molecule has 2 heterocycles. The molecule has 1 amide bonds. The van der Waals surface area contributed by atoms with Crippen molar-refractivity contribution in [3.8, 4) is 0 Å². The van der Waals surface area contributed by atoms with Gasteiger partial charge in [-0.15, -0.1) is 0 Å². The van der Waals surface area contributed by atoms with Gasteiger partial charge in [0.15, 0.2) is 4.91 Å². The molecule has 1 aliphatic heterocycles. The summed E-state index contributed by atoms with van der Waals surface area (Å²) >= 11 is 0. The van der Waals surface area contributed by atoms with Crippen LogP contribution in [0, 0.1) is 5.82 Å². The molecule has 1 aromatic heterocycles. The molecule has 0 unspecified atom stereocenters. The standard InChI is InChI=1S/C24H19FN4O4S/c1-28-18-12-11-16(13-19(18)29(2)24(28)31)26-21-17-5-3-4-6-20(17)34(32,33)22(21)23(30)27-15-9-7-14(25)8-10-15/h3-13,26H,1-2H3,(H,27,30). The van der Waals surface area contributed by atoms with Crippen molar-refractivity contribution in [2.75, 3.05) is 10.6 Å². The second-order valence-electron chi connectivity index (χ2n) is 7.89. The van der Waals surface area contributed by atoms with Crippen LogP contribution in [-0.2, 0) is 28.7 Å². The number of fused-ring (bicyclic) bond motifs is 2. The van der Waals surface area contributed by atoms with E-state index in [1.807, 2.05) is 0 Å². The number of halogens is 1. The van der Waals surface area contributed by atoms with E-state index in [1.165, 1.54) is 39.5 Å². The van der Waals surface area contributed by atoms with E-state index in [2.05, 4.69) is 10.6 Å².